The summed E-state index contributed by atoms with van der Waals surface area (Å²) in [5.41, 5.74) is 0.935. The lowest BCUT2D eigenvalue weighted by Gasteiger charge is -2.35. The number of hydrogen-bond donors (Lipinski definition) is 2. The Bertz CT molecular complexity index is 656. The Hall–Kier alpha value is -1.21. The molecule has 31 heavy (non-hydrogen) atoms. The van der Waals surface area contributed by atoms with Crippen molar-refractivity contribution in [2.75, 3.05) is 7.11 Å². The van der Waals surface area contributed by atoms with Gasteiger partial charge in [-0.2, -0.15) is 0 Å². The highest BCUT2D eigenvalue weighted by atomic mass is 16.6. The van der Waals surface area contributed by atoms with Gasteiger partial charge < -0.3 is 24.4 Å². The fourth-order valence-corrected chi connectivity index (χ4v) is 5.22. The van der Waals surface area contributed by atoms with Crippen LogP contribution in [0.3, 0.4) is 0 Å². The maximum absolute atomic E-state index is 11.0. The van der Waals surface area contributed by atoms with Crippen molar-refractivity contribution in [2.45, 2.75) is 103 Å². The minimum absolute atomic E-state index is 0.0287. The van der Waals surface area contributed by atoms with Gasteiger partial charge in [-0.25, -0.2) is 0 Å². The number of hydrogen-bond acceptors (Lipinski definition) is 5. The number of methoxy groups -OCH3 is 1. The Morgan fingerprint density at radius 1 is 1.29 bits per heavy atom. The van der Waals surface area contributed by atoms with Crippen LogP contribution in [0.1, 0.15) is 67.2 Å². The molecule has 0 spiro atoms. The molecule has 2 heterocycles. The molecule has 0 aromatic carbocycles. The van der Waals surface area contributed by atoms with Crippen LogP contribution in [0.4, 0.5) is 0 Å². The van der Waals surface area contributed by atoms with Crippen molar-refractivity contribution in [1.29, 1.82) is 0 Å². The Kier molecular flexibility index (Phi) is 9.31. The van der Waals surface area contributed by atoms with Crippen LogP contribution in [0.15, 0.2) is 23.8 Å². The van der Waals surface area contributed by atoms with E-state index in [9.17, 15) is 9.90 Å². The van der Waals surface area contributed by atoms with Gasteiger partial charge in [-0.3, -0.25) is 4.79 Å². The molecule has 0 saturated carbocycles. The van der Waals surface area contributed by atoms with Gasteiger partial charge in [0.15, 0.2) is 0 Å². The van der Waals surface area contributed by atoms with Gasteiger partial charge in [0.25, 0.3) is 0 Å². The van der Waals surface area contributed by atoms with Crippen molar-refractivity contribution in [3.63, 3.8) is 0 Å². The zero-order valence-corrected chi connectivity index (χ0v) is 20.2. The zero-order chi connectivity index (χ0) is 23.3. The van der Waals surface area contributed by atoms with E-state index in [1.54, 1.807) is 14.0 Å². The van der Waals surface area contributed by atoms with E-state index < -0.39 is 12.1 Å². The van der Waals surface area contributed by atoms with Crippen LogP contribution in [0, 0.1) is 17.8 Å². The van der Waals surface area contributed by atoms with Gasteiger partial charge in [0.05, 0.1) is 42.5 Å². The molecule has 2 N–H and O–H groups in total. The van der Waals surface area contributed by atoms with Crippen molar-refractivity contribution >= 4 is 5.97 Å². The highest BCUT2D eigenvalue weighted by molar-refractivity contribution is 5.67. The predicted molar refractivity (Wildman–Crippen MR) is 121 cm³/mol. The number of aliphatic hydroxyl groups is 1. The maximum Gasteiger partial charge on any atom is 0.305 e. The molecular formula is C25H42O6. The Labute approximate surface area is 187 Å². The minimum atomic E-state index is -0.803. The molecule has 2 aliphatic rings. The summed E-state index contributed by atoms with van der Waals surface area (Å²) in [7, 11) is 1.63. The van der Waals surface area contributed by atoms with Crippen molar-refractivity contribution in [1.82, 2.24) is 0 Å². The largest absolute Gasteiger partial charge is 0.481 e. The number of aliphatic hydroxyl groups excluding tert-OH is 1. The SMILES string of the molecule is COC(C(C)O)C(C)C1OC1(C)CC(C)/C=C/C=C(\C)[C@@H]1OC(CC(=O)O)CC[C@H]1C. The molecule has 2 saturated heterocycles. The van der Waals surface area contributed by atoms with E-state index in [2.05, 4.69) is 52.8 Å². The number of epoxide rings is 1. The molecule has 0 aromatic heterocycles. The fraction of sp³-hybridized carbons (Fsp3) is 0.800. The number of aliphatic carboxylic acids is 1. The van der Waals surface area contributed by atoms with Gasteiger partial charge in [-0.15, -0.1) is 0 Å². The summed E-state index contributed by atoms with van der Waals surface area (Å²) in [5, 5.41) is 19.0. The Morgan fingerprint density at radius 3 is 2.55 bits per heavy atom. The molecule has 2 aliphatic heterocycles. The van der Waals surface area contributed by atoms with Crippen molar-refractivity contribution in [3.8, 4) is 0 Å². The first-order chi connectivity index (χ1) is 14.5. The summed E-state index contributed by atoms with van der Waals surface area (Å²) in [6.45, 7) is 12.4. The number of rotatable bonds is 11. The summed E-state index contributed by atoms with van der Waals surface area (Å²) < 4.78 is 17.6. The summed E-state index contributed by atoms with van der Waals surface area (Å²) in [6, 6.07) is 0. The molecular weight excluding hydrogens is 396 g/mol. The van der Waals surface area contributed by atoms with Gasteiger partial charge >= 0.3 is 5.97 Å². The Morgan fingerprint density at radius 2 is 1.97 bits per heavy atom. The third-order valence-electron chi connectivity index (χ3n) is 6.86. The molecule has 7 unspecified atom stereocenters. The number of ether oxygens (including phenoxy) is 3. The third kappa shape index (κ3) is 7.14. The lowest BCUT2D eigenvalue weighted by molar-refractivity contribution is -0.143. The van der Waals surface area contributed by atoms with Crippen LogP contribution >= 0.6 is 0 Å². The van der Waals surface area contributed by atoms with E-state index in [0.29, 0.717) is 11.8 Å². The average molecular weight is 439 g/mol. The Balaban J connectivity index is 1.89. The van der Waals surface area contributed by atoms with Crippen LogP contribution in [-0.2, 0) is 19.0 Å². The minimum Gasteiger partial charge on any atom is -0.481 e. The summed E-state index contributed by atoms with van der Waals surface area (Å²) in [4.78, 5) is 11.0. The second-order valence-corrected chi connectivity index (χ2v) is 9.96. The van der Waals surface area contributed by atoms with Crippen molar-refractivity contribution in [2.24, 2.45) is 17.8 Å². The van der Waals surface area contributed by atoms with Gasteiger partial charge in [-0.05, 0) is 57.4 Å². The van der Waals surface area contributed by atoms with E-state index >= 15 is 0 Å². The predicted octanol–water partition coefficient (Wildman–Crippen LogP) is 4.36. The molecule has 0 aromatic rings. The lowest BCUT2D eigenvalue weighted by Crippen LogP contribution is -2.36. The first-order valence-electron chi connectivity index (χ1n) is 11.6. The monoisotopic (exact) mass is 438 g/mol. The van der Waals surface area contributed by atoms with Crippen LogP contribution < -0.4 is 0 Å². The van der Waals surface area contributed by atoms with E-state index in [4.69, 9.17) is 19.3 Å². The third-order valence-corrected chi connectivity index (χ3v) is 6.86. The van der Waals surface area contributed by atoms with Crippen LogP contribution in [0.2, 0.25) is 0 Å². The smallest absolute Gasteiger partial charge is 0.305 e. The molecule has 6 nitrogen and oxygen atoms in total. The first kappa shape index (κ1) is 26.0. The molecule has 178 valence electrons. The van der Waals surface area contributed by atoms with E-state index in [0.717, 1.165) is 24.8 Å². The lowest BCUT2D eigenvalue weighted by atomic mass is 9.85. The number of carbonyl (C=O) groups is 1. The van der Waals surface area contributed by atoms with Gasteiger partial charge in [0.1, 0.15) is 0 Å². The van der Waals surface area contributed by atoms with Crippen LogP contribution in [-0.4, -0.2) is 59.4 Å². The van der Waals surface area contributed by atoms with E-state index in [-0.39, 0.29) is 42.4 Å². The molecule has 6 heteroatoms. The topological polar surface area (TPSA) is 88.5 Å². The summed E-state index contributed by atoms with van der Waals surface area (Å²) in [6.07, 6.45) is 8.21. The second-order valence-electron chi connectivity index (χ2n) is 9.96. The molecule has 2 fully saturated rings. The zero-order valence-electron chi connectivity index (χ0n) is 20.2. The highest BCUT2D eigenvalue weighted by Gasteiger charge is 2.56. The van der Waals surface area contributed by atoms with Crippen LogP contribution in [0.25, 0.3) is 0 Å². The fourth-order valence-electron chi connectivity index (χ4n) is 5.22. The van der Waals surface area contributed by atoms with Gasteiger partial charge in [0, 0.05) is 13.0 Å². The van der Waals surface area contributed by atoms with Crippen molar-refractivity contribution in [3.05, 3.63) is 23.8 Å². The molecule has 0 aliphatic carbocycles. The number of carboxylic acid groups (broad SMARTS) is 1. The number of allylic oxidation sites excluding steroid dienone is 3. The van der Waals surface area contributed by atoms with Crippen molar-refractivity contribution < 1.29 is 29.2 Å². The number of carboxylic acids is 1. The quantitative estimate of drug-likeness (QED) is 0.368. The summed E-state index contributed by atoms with van der Waals surface area (Å²) >= 11 is 0. The molecule has 0 amide bonds. The van der Waals surface area contributed by atoms with Gasteiger partial charge in [-0.1, -0.05) is 39.0 Å². The molecule has 0 bridgehead atoms. The average Bonchev–Trinajstić information content (AvgIpc) is 3.33. The van der Waals surface area contributed by atoms with Gasteiger partial charge in [0.2, 0.25) is 0 Å². The first-order valence-corrected chi connectivity index (χ1v) is 11.6. The molecule has 9 atom stereocenters. The van der Waals surface area contributed by atoms with Crippen LogP contribution in [0.5, 0.6) is 0 Å². The normalized spacial score (nSPS) is 35.5. The molecule has 2 rings (SSSR count). The van der Waals surface area contributed by atoms with E-state index in [1.165, 1.54) is 0 Å². The molecule has 0 radical (unpaired) electrons. The standard InChI is InChI=1S/C25H42O6/c1-15(14-25(6)24(31-25)18(4)23(29-7)19(5)26)9-8-10-16(2)22-17(3)11-12-20(30-22)13-21(27)28/h8-10,15,17-20,22-24,26H,11-14H2,1-7H3,(H,27,28)/b9-8+,16-10+/t15?,17-,18?,19?,20?,22+,23?,24?,25?/m1/s1. The van der Waals surface area contributed by atoms with E-state index in [1.807, 2.05) is 0 Å². The summed E-state index contributed by atoms with van der Waals surface area (Å²) in [5.74, 6) is 0.0402. The maximum atomic E-state index is 11.0. The highest BCUT2D eigenvalue weighted by Crippen LogP contribution is 2.47. The second kappa shape index (κ2) is 11.1.